The zero-order valence-corrected chi connectivity index (χ0v) is 12.3. The molecule has 0 amide bonds. The van der Waals surface area contributed by atoms with Gasteiger partial charge in [-0.3, -0.25) is 0 Å². The third kappa shape index (κ3) is 4.59. The summed E-state index contributed by atoms with van der Waals surface area (Å²) in [7, 11) is 1.88. The number of hydrogen-bond acceptors (Lipinski definition) is 3. The number of nitrogens with one attached hydrogen (secondary N) is 1. The summed E-state index contributed by atoms with van der Waals surface area (Å²) in [5.74, 6) is 0. The van der Waals surface area contributed by atoms with Crippen LogP contribution in [0.2, 0.25) is 0 Å². The first-order chi connectivity index (χ1) is 8.65. The number of hydrogen-bond donors (Lipinski definition) is 1. The minimum Gasteiger partial charge on any atom is -0.303 e. The number of unbranched alkanes of at least 4 members (excludes halogenated alkanes) is 1. The second kappa shape index (κ2) is 7.76. The Morgan fingerprint density at radius 2 is 2.00 bits per heavy atom. The van der Waals surface area contributed by atoms with Crippen molar-refractivity contribution in [2.24, 2.45) is 0 Å². The summed E-state index contributed by atoms with van der Waals surface area (Å²) in [5.41, 5.74) is -0.343. The van der Waals surface area contributed by atoms with E-state index in [1.807, 2.05) is 14.0 Å². The molecule has 0 bridgehead atoms. The van der Waals surface area contributed by atoms with Gasteiger partial charge in [0.05, 0.1) is 6.07 Å². The van der Waals surface area contributed by atoms with Gasteiger partial charge in [-0.15, -0.1) is 0 Å². The van der Waals surface area contributed by atoms with Gasteiger partial charge in [0.1, 0.15) is 5.54 Å². The van der Waals surface area contributed by atoms with Gasteiger partial charge < -0.3 is 10.2 Å². The first kappa shape index (κ1) is 15.5. The van der Waals surface area contributed by atoms with Gasteiger partial charge in [-0.1, -0.05) is 19.8 Å². The Bertz CT molecular complexity index is 265. The molecule has 1 aliphatic rings. The van der Waals surface area contributed by atoms with Gasteiger partial charge in [0.25, 0.3) is 0 Å². The zero-order chi connectivity index (χ0) is 13.4. The minimum absolute atomic E-state index is 0.343. The van der Waals surface area contributed by atoms with Crippen LogP contribution >= 0.6 is 0 Å². The molecule has 1 unspecified atom stereocenters. The Kier molecular flexibility index (Phi) is 6.67. The van der Waals surface area contributed by atoms with E-state index >= 15 is 0 Å². The molecule has 0 heterocycles. The van der Waals surface area contributed by atoms with E-state index < -0.39 is 0 Å². The Labute approximate surface area is 113 Å². The maximum atomic E-state index is 9.09. The fourth-order valence-electron chi connectivity index (χ4n) is 2.90. The highest BCUT2D eigenvalue weighted by atomic mass is 15.1. The van der Waals surface area contributed by atoms with Crippen molar-refractivity contribution in [3.8, 4) is 6.07 Å². The van der Waals surface area contributed by atoms with Crippen LogP contribution in [0.3, 0.4) is 0 Å². The summed E-state index contributed by atoms with van der Waals surface area (Å²) in [4.78, 5) is 2.64. The molecule has 1 N–H and O–H groups in total. The monoisotopic (exact) mass is 251 g/mol. The van der Waals surface area contributed by atoms with Gasteiger partial charge in [-0.2, -0.15) is 5.26 Å². The molecule has 0 spiro atoms. The average molecular weight is 251 g/mol. The van der Waals surface area contributed by atoms with E-state index in [4.69, 9.17) is 5.26 Å². The summed E-state index contributed by atoms with van der Waals surface area (Å²) >= 11 is 0. The average Bonchev–Trinajstić information content (AvgIpc) is 2.92. The molecule has 0 aromatic rings. The van der Waals surface area contributed by atoms with Crippen LogP contribution in [0.15, 0.2) is 0 Å². The van der Waals surface area contributed by atoms with Gasteiger partial charge in [0.15, 0.2) is 0 Å². The highest BCUT2D eigenvalue weighted by Crippen LogP contribution is 2.23. The first-order valence-electron chi connectivity index (χ1n) is 7.49. The molecule has 1 fully saturated rings. The van der Waals surface area contributed by atoms with E-state index in [1.54, 1.807) is 0 Å². The van der Waals surface area contributed by atoms with Crippen LogP contribution in [0.5, 0.6) is 0 Å². The molecule has 1 atom stereocenters. The van der Waals surface area contributed by atoms with E-state index in [9.17, 15) is 0 Å². The van der Waals surface area contributed by atoms with Crippen molar-refractivity contribution in [2.45, 2.75) is 70.4 Å². The zero-order valence-electron chi connectivity index (χ0n) is 12.3. The topological polar surface area (TPSA) is 39.1 Å². The molecule has 0 saturated heterocycles. The number of rotatable bonds is 8. The lowest BCUT2D eigenvalue weighted by molar-refractivity contribution is 0.203. The molecular formula is C15H29N3. The fourth-order valence-corrected chi connectivity index (χ4v) is 2.90. The van der Waals surface area contributed by atoms with Crippen molar-refractivity contribution in [2.75, 3.05) is 20.1 Å². The van der Waals surface area contributed by atoms with E-state index in [1.165, 1.54) is 45.2 Å². The van der Waals surface area contributed by atoms with Crippen molar-refractivity contribution in [3.63, 3.8) is 0 Å². The minimum atomic E-state index is -0.343. The maximum Gasteiger partial charge on any atom is 0.103 e. The highest BCUT2D eigenvalue weighted by Gasteiger charge is 2.22. The first-order valence-corrected chi connectivity index (χ1v) is 7.49. The summed E-state index contributed by atoms with van der Waals surface area (Å²) in [5, 5.41) is 12.2. The molecular weight excluding hydrogens is 222 g/mol. The number of nitriles is 1. The molecule has 1 aliphatic carbocycles. The number of nitrogens with zero attached hydrogens (tertiary/aromatic N) is 2. The molecule has 0 aliphatic heterocycles. The molecule has 1 saturated carbocycles. The predicted molar refractivity (Wildman–Crippen MR) is 76.4 cm³/mol. The lowest BCUT2D eigenvalue weighted by Gasteiger charge is -2.28. The Morgan fingerprint density at radius 3 is 2.50 bits per heavy atom. The van der Waals surface area contributed by atoms with Crippen LogP contribution in [0, 0.1) is 11.3 Å². The SMILES string of the molecule is CCN(CCCCC(C)(C#N)NC)C1CCCC1. The summed E-state index contributed by atoms with van der Waals surface area (Å²) in [6, 6.07) is 3.20. The molecule has 0 aromatic carbocycles. The van der Waals surface area contributed by atoms with Crippen LogP contribution in [0.25, 0.3) is 0 Å². The normalized spacial score (nSPS) is 19.9. The predicted octanol–water partition coefficient (Wildman–Crippen LogP) is 2.92. The molecule has 0 aromatic heterocycles. The van der Waals surface area contributed by atoms with Gasteiger partial charge in [-0.05, 0) is 59.2 Å². The molecule has 3 heteroatoms. The lowest BCUT2D eigenvalue weighted by atomic mass is 9.97. The Morgan fingerprint density at radius 1 is 1.33 bits per heavy atom. The summed E-state index contributed by atoms with van der Waals surface area (Å²) in [6.07, 6.45) is 8.89. The van der Waals surface area contributed by atoms with E-state index in [0.717, 1.165) is 18.9 Å². The largest absolute Gasteiger partial charge is 0.303 e. The van der Waals surface area contributed by atoms with Gasteiger partial charge >= 0.3 is 0 Å². The van der Waals surface area contributed by atoms with Crippen molar-refractivity contribution in [1.82, 2.24) is 10.2 Å². The van der Waals surface area contributed by atoms with Crippen molar-refractivity contribution in [1.29, 1.82) is 5.26 Å². The van der Waals surface area contributed by atoms with E-state index in [2.05, 4.69) is 23.2 Å². The summed E-state index contributed by atoms with van der Waals surface area (Å²) < 4.78 is 0. The van der Waals surface area contributed by atoms with E-state index in [-0.39, 0.29) is 5.54 Å². The summed E-state index contributed by atoms with van der Waals surface area (Å²) in [6.45, 7) is 6.63. The molecule has 18 heavy (non-hydrogen) atoms. The molecule has 3 nitrogen and oxygen atoms in total. The Hall–Kier alpha value is -0.590. The third-order valence-electron chi connectivity index (χ3n) is 4.42. The standard InChI is InChI=1S/C15H29N3/c1-4-18(14-9-5-6-10-14)12-8-7-11-15(2,13-16)17-3/h14,17H,4-12H2,1-3H3. The molecule has 104 valence electrons. The van der Waals surface area contributed by atoms with Gasteiger partial charge in [-0.25, -0.2) is 0 Å². The highest BCUT2D eigenvalue weighted by molar-refractivity contribution is 5.02. The quantitative estimate of drug-likeness (QED) is 0.674. The smallest absolute Gasteiger partial charge is 0.103 e. The van der Waals surface area contributed by atoms with Crippen molar-refractivity contribution in [3.05, 3.63) is 0 Å². The molecule has 0 radical (unpaired) electrons. The second-order valence-corrected chi connectivity index (χ2v) is 5.72. The van der Waals surface area contributed by atoms with Crippen molar-refractivity contribution < 1.29 is 0 Å². The lowest BCUT2D eigenvalue weighted by Crippen LogP contribution is -2.38. The molecule has 1 rings (SSSR count). The van der Waals surface area contributed by atoms with Gasteiger partial charge in [0.2, 0.25) is 0 Å². The van der Waals surface area contributed by atoms with Crippen LogP contribution in [-0.4, -0.2) is 36.6 Å². The third-order valence-corrected chi connectivity index (χ3v) is 4.42. The fraction of sp³-hybridized carbons (Fsp3) is 0.933. The second-order valence-electron chi connectivity index (χ2n) is 5.72. The van der Waals surface area contributed by atoms with Gasteiger partial charge in [0, 0.05) is 6.04 Å². The van der Waals surface area contributed by atoms with Crippen LogP contribution < -0.4 is 5.32 Å². The van der Waals surface area contributed by atoms with Crippen LogP contribution in [0.1, 0.15) is 58.8 Å². The maximum absolute atomic E-state index is 9.09. The van der Waals surface area contributed by atoms with E-state index in [0.29, 0.717) is 0 Å². The Balaban J connectivity index is 2.21. The van der Waals surface area contributed by atoms with Crippen LogP contribution in [-0.2, 0) is 0 Å². The van der Waals surface area contributed by atoms with Crippen molar-refractivity contribution >= 4 is 0 Å². The van der Waals surface area contributed by atoms with Crippen LogP contribution in [0.4, 0.5) is 0 Å².